The van der Waals surface area contributed by atoms with Gasteiger partial charge in [-0.1, -0.05) is 24.3 Å². The molecule has 0 aliphatic heterocycles. The molecule has 0 atom stereocenters. The van der Waals surface area contributed by atoms with Gasteiger partial charge in [-0.15, -0.1) is 5.11 Å². The van der Waals surface area contributed by atoms with Gasteiger partial charge in [0.2, 0.25) is 10.4 Å². The summed E-state index contributed by atoms with van der Waals surface area (Å²) in [5, 5.41) is 18.1. The van der Waals surface area contributed by atoms with Crippen molar-refractivity contribution >= 4 is 52.5 Å². The van der Waals surface area contributed by atoms with Crippen LogP contribution in [0.15, 0.2) is 74.6 Å². The van der Waals surface area contributed by atoms with Crippen molar-refractivity contribution in [3.05, 3.63) is 54.6 Å². The molecule has 1 N–H and O–H groups in total. The van der Waals surface area contributed by atoms with Crippen molar-refractivity contribution in [3.8, 4) is 5.75 Å². The molecule has 0 bridgehead atoms. The van der Waals surface area contributed by atoms with Gasteiger partial charge in [-0.2, -0.15) is 5.11 Å². The van der Waals surface area contributed by atoms with Crippen LogP contribution >= 0.6 is 0 Å². The molecule has 0 saturated carbocycles. The van der Waals surface area contributed by atoms with E-state index in [1.54, 1.807) is 0 Å². The Labute approximate surface area is 245 Å². The van der Waals surface area contributed by atoms with Gasteiger partial charge >= 0.3 is 59.1 Å². The number of azo groups is 1. The van der Waals surface area contributed by atoms with E-state index in [0.717, 1.165) is 18.2 Å². The first-order valence-electron chi connectivity index (χ1n) is 8.83. The standard InChI is InChI=1S/C18H16N2O10S3.2Na/c21-18-15-4-2-1-3-14(15)17(32(24,25)26)11-16(18)20-19-12-5-7-13(8-6-12)31(22,23)10-9-30-33(27,28)29;;/h1-8,11,21H,9-10H2,(H,24,25,26)(H,27,28,29);;/q;2*+1/p-2. The summed E-state index contributed by atoms with van der Waals surface area (Å²) in [5.41, 5.74) is -0.179. The zero-order chi connectivity index (χ0) is 24.4. The van der Waals surface area contributed by atoms with Crippen molar-refractivity contribution in [1.82, 2.24) is 0 Å². The molecule has 0 aromatic heterocycles. The van der Waals surface area contributed by atoms with Crippen LogP contribution in [0.1, 0.15) is 0 Å². The van der Waals surface area contributed by atoms with Crippen LogP contribution in [0.5, 0.6) is 5.75 Å². The predicted octanol–water partition coefficient (Wildman–Crippen LogP) is -3.88. The van der Waals surface area contributed by atoms with Gasteiger partial charge in [0, 0.05) is 10.8 Å². The van der Waals surface area contributed by atoms with Crippen molar-refractivity contribution in [1.29, 1.82) is 0 Å². The smallest absolute Gasteiger partial charge is 0.744 e. The first kappa shape index (κ1) is 32.1. The molecule has 12 nitrogen and oxygen atoms in total. The number of hydrogen-bond acceptors (Lipinski definition) is 12. The van der Waals surface area contributed by atoms with E-state index in [-0.39, 0.29) is 86.2 Å². The van der Waals surface area contributed by atoms with E-state index in [0.29, 0.717) is 0 Å². The van der Waals surface area contributed by atoms with Crippen molar-refractivity contribution in [3.63, 3.8) is 0 Å². The molecule has 0 radical (unpaired) electrons. The molecule has 0 amide bonds. The summed E-state index contributed by atoms with van der Waals surface area (Å²) in [7, 11) is -13.9. The van der Waals surface area contributed by atoms with Gasteiger partial charge in [0.25, 0.3) is 0 Å². The maximum absolute atomic E-state index is 12.2. The van der Waals surface area contributed by atoms with Crippen LogP contribution in [0.25, 0.3) is 10.8 Å². The number of fused-ring (bicyclic) bond motifs is 1. The fraction of sp³-hybridized carbons (Fsp3) is 0.111. The Morgan fingerprint density at radius 3 is 1.94 bits per heavy atom. The second kappa shape index (κ2) is 12.5. The van der Waals surface area contributed by atoms with Gasteiger partial charge in [0.1, 0.15) is 15.8 Å². The van der Waals surface area contributed by atoms with Crippen molar-refractivity contribution < 1.29 is 103 Å². The Hall–Kier alpha value is -0.950. The van der Waals surface area contributed by atoms with Crippen LogP contribution in [-0.4, -0.2) is 51.8 Å². The normalized spacial score (nSPS) is 12.3. The minimum absolute atomic E-state index is 0. The second-order valence-electron chi connectivity index (χ2n) is 6.49. The third kappa shape index (κ3) is 8.55. The third-order valence-corrected chi connectivity index (χ3v) is 7.30. The van der Waals surface area contributed by atoms with Crippen molar-refractivity contribution in [2.24, 2.45) is 10.2 Å². The number of rotatable bonds is 8. The van der Waals surface area contributed by atoms with Crippen molar-refractivity contribution in [2.45, 2.75) is 9.79 Å². The molecule has 3 rings (SSSR count). The van der Waals surface area contributed by atoms with E-state index >= 15 is 0 Å². The van der Waals surface area contributed by atoms with Gasteiger partial charge in [-0.3, -0.25) is 4.18 Å². The van der Waals surface area contributed by atoms with E-state index in [2.05, 4.69) is 14.4 Å². The molecule has 0 saturated heterocycles. The molecule has 35 heavy (non-hydrogen) atoms. The van der Waals surface area contributed by atoms with Gasteiger partial charge in [0.15, 0.2) is 15.6 Å². The zero-order valence-corrected chi connectivity index (χ0v) is 24.8. The van der Waals surface area contributed by atoms with E-state index in [1.165, 1.54) is 36.4 Å². The number of benzene rings is 3. The summed E-state index contributed by atoms with van der Waals surface area (Å²) in [6, 6.07) is 11.4. The number of hydrogen-bond donors (Lipinski definition) is 1. The Balaban J connectivity index is 0.00000306. The van der Waals surface area contributed by atoms with Gasteiger partial charge in [-0.05, 0) is 30.3 Å². The second-order valence-corrected chi connectivity index (χ2v) is 11.0. The molecular formula is C18H14N2Na2O10S3. The Kier molecular flexibility index (Phi) is 11.5. The third-order valence-electron chi connectivity index (χ3n) is 4.28. The van der Waals surface area contributed by atoms with E-state index in [4.69, 9.17) is 0 Å². The molecule has 3 aromatic rings. The minimum Gasteiger partial charge on any atom is -0.744 e. The first-order valence-corrected chi connectivity index (χ1v) is 13.2. The number of sulfone groups is 1. The molecule has 0 unspecified atom stereocenters. The van der Waals surface area contributed by atoms with Crippen LogP contribution in [0, 0.1) is 0 Å². The zero-order valence-electron chi connectivity index (χ0n) is 18.4. The monoisotopic (exact) mass is 560 g/mol. The van der Waals surface area contributed by atoms with Gasteiger partial charge < -0.3 is 14.2 Å². The van der Waals surface area contributed by atoms with Crippen LogP contribution < -0.4 is 59.1 Å². The summed E-state index contributed by atoms with van der Waals surface area (Å²) in [5.74, 6) is -1.17. The van der Waals surface area contributed by atoms with Crippen LogP contribution in [0.4, 0.5) is 11.4 Å². The number of nitrogens with zero attached hydrogens (tertiary/aromatic N) is 2. The average Bonchev–Trinajstić information content (AvgIpc) is 2.72. The molecule has 17 heteroatoms. The summed E-state index contributed by atoms with van der Waals surface area (Å²) in [4.78, 5) is -0.796. The molecule has 0 aliphatic rings. The molecule has 0 heterocycles. The first-order chi connectivity index (χ1) is 15.3. The number of phenolic OH excluding ortho intramolecular Hbond substituents is 1. The Morgan fingerprint density at radius 1 is 0.829 bits per heavy atom. The molecule has 0 spiro atoms. The molecular weight excluding hydrogens is 546 g/mol. The predicted molar refractivity (Wildman–Crippen MR) is 112 cm³/mol. The summed E-state index contributed by atoms with van der Waals surface area (Å²) >= 11 is 0. The average molecular weight is 560 g/mol. The topological polar surface area (TPSA) is 203 Å². The fourth-order valence-corrected chi connectivity index (χ4v) is 4.98. The summed E-state index contributed by atoms with van der Waals surface area (Å²) in [6.07, 6.45) is 0. The molecule has 3 aromatic carbocycles. The van der Waals surface area contributed by atoms with Gasteiger partial charge in [-0.25, -0.2) is 25.3 Å². The molecule has 0 aliphatic carbocycles. The summed E-state index contributed by atoms with van der Waals surface area (Å²) < 4.78 is 94.3. The SMILES string of the molecule is O=S(=O)([O-])OCCS(=O)(=O)c1ccc(N=Nc2cc(S(=O)(=O)[O-])c3ccccc3c2O)cc1.[Na+].[Na+]. The number of phenols is 1. The Bertz CT molecular complexity index is 1560. The minimum atomic E-state index is -5.02. The van der Waals surface area contributed by atoms with Crippen molar-refractivity contribution in [2.75, 3.05) is 12.4 Å². The van der Waals surface area contributed by atoms with Crippen LogP contribution in [0.2, 0.25) is 0 Å². The maximum atomic E-state index is 12.2. The molecule has 0 fully saturated rings. The van der Waals surface area contributed by atoms with E-state index in [1.807, 2.05) is 0 Å². The van der Waals surface area contributed by atoms with E-state index < -0.39 is 53.4 Å². The number of aromatic hydroxyl groups is 1. The molecule has 176 valence electrons. The van der Waals surface area contributed by atoms with Crippen LogP contribution in [0.3, 0.4) is 0 Å². The fourth-order valence-electron chi connectivity index (χ4n) is 2.79. The quantitative estimate of drug-likeness (QED) is 0.123. The van der Waals surface area contributed by atoms with E-state index in [9.17, 15) is 39.5 Å². The summed E-state index contributed by atoms with van der Waals surface area (Å²) in [6.45, 7) is -0.845. The maximum Gasteiger partial charge on any atom is 1.00 e. The Morgan fingerprint density at radius 2 is 1.40 bits per heavy atom. The van der Waals surface area contributed by atoms with Gasteiger partial charge in [0.05, 0.1) is 27.8 Å². The van der Waals surface area contributed by atoms with Crippen LogP contribution in [-0.2, 0) is 34.5 Å². The largest absolute Gasteiger partial charge is 1.00 e.